The first kappa shape index (κ1) is 13.9. The number of hydrogen-bond donors (Lipinski definition) is 1. The van der Waals surface area contributed by atoms with Crippen molar-refractivity contribution >= 4 is 0 Å². The summed E-state index contributed by atoms with van der Waals surface area (Å²) in [7, 11) is 1.81. The van der Waals surface area contributed by atoms with Crippen LogP contribution in [0.3, 0.4) is 0 Å². The van der Waals surface area contributed by atoms with Crippen molar-refractivity contribution in [3.63, 3.8) is 0 Å². The van der Waals surface area contributed by atoms with Crippen molar-refractivity contribution in [3.8, 4) is 0 Å². The van der Waals surface area contributed by atoms with E-state index in [1.165, 1.54) is 32.5 Å². The lowest BCUT2D eigenvalue weighted by atomic mass is 9.99. The van der Waals surface area contributed by atoms with Gasteiger partial charge in [0.1, 0.15) is 0 Å². The highest BCUT2D eigenvalue weighted by molar-refractivity contribution is 4.73. The van der Waals surface area contributed by atoms with Crippen molar-refractivity contribution in [2.24, 2.45) is 11.8 Å². The average Bonchev–Trinajstić information content (AvgIpc) is 2.25. The van der Waals surface area contributed by atoms with Gasteiger partial charge in [0, 0.05) is 26.7 Å². The van der Waals surface area contributed by atoms with E-state index in [-0.39, 0.29) is 0 Å². The molecule has 1 saturated heterocycles. The van der Waals surface area contributed by atoms with Crippen molar-refractivity contribution in [1.82, 2.24) is 10.2 Å². The quantitative estimate of drug-likeness (QED) is 0.670. The Balaban J connectivity index is 2.07. The topological polar surface area (TPSA) is 24.5 Å². The molecule has 0 spiro atoms. The predicted molar refractivity (Wildman–Crippen MR) is 68.7 cm³/mol. The smallest absolute Gasteiger partial charge is 0.0502 e. The zero-order chi connectivity index (χ0) is 11.8. The highest BCUT2D eigenvalue weighted by Crippen LogP contribution is 2.15. The number of nitrogens with zero attached hydrogens (tertiary/aromatic N) is 1. The number of methoxy groups -OCH3 is 1. The zero-order valence-corrected chi connectivity index (χ0v) is 11.2. The third-order valence-electron chi connectivity index (χ3n) is 3.16. The van der Waals surface area contributed by atoms with Crippen LogP contribution in [-0.2, 0) is 4.74 Å². The van der Waals surface area contributed by atoms with Crippen molar-refractivity contribution < 1.29 is 4.74 Å². The van der Waals surface area contributed by atoms with Gasteiger partial charge in [-0.25, -0.2) is 0 Å². The third kappa shape index (κ3) is 5.83. The van der Waals surface area contributed by atoms with Gasteiger partial charge in [-0.15, -0.1) is 0 Å². The maximum absolute atomic E-state index is 5.24. The van der Waals surface area contributed by atoms with E-state index in [0.29, 0.717) is 0 Å². The first-order valence-electron chi connectivity index (χ1n) is 6.64. The second-order valence-electron chi connectivity index (χ2n) is 5.36. The molecule has 1 rings (SSSR count). The number of hydrogen-bond acceptors (Lipinski definition) is 3. The standard InChI is InChI=1S/C13H28N2O/c1-12(2)9-14-6-8-15-7-4-5-13(10-15)11-16-3/h12-14H,4-11H2,1-3H3. The van der Waals surface area contributed by atoms with Gasteiger partial charge in [-0.05, 0) is 37.8 Å². The van der Waals surface area contributed by atoms with Gasteiger partial charge in [0.05, 0.1) is 6.61 Å². The molecule has 0 aromatic heterocycles. The second-order valence-corrected chi connectivity index (χ2v) is 5.36. The number of ether oxygens (including phenoxy) is 1. The number of piperidine rings is 1. The Hall–Kier alpha value is -0.120. The Morgan fingerprint density at radius 1 is 1.44 bits per heavy atom. The molecule has 0 aliphatic carbocycles. The Morgan fingerprint density at radius 2 is 2.25 bits per heavy atom. The van der Waals surface area contributed by atoms with Crippen LogP contribution < -0.4 is 5.32 Å². The van der Waals surface area contributed by atoms with Crippen molar-refractivity contribution in [2.45, 2.75) is 26.7 Å². The molecule has 0 aromatic carbocycles. The van der Waals surface area contributed by atoms with E-state index in [4.69, 9.17) is 4.74 Å². The summed E-state index contributed by atoms with van der Waals surface area (Å²) in [5.41, 5.74) is 0. The number of rotatable bonds is 7. The molecule has 1 fully saturated rings. The minimum absolute atomic E-state index is 0.752. The molecule has 0 radical (unpaired) electrons. The lowest BCUT2D eigenvalue weighted by Gasteiger charge is -2.32. The maximum atomic E-state index is 5.24. The molecule has 3 nitrogen and oxygen atoms in total. The third-order valence-corrected chi connectivity index (χ3v) is 3.16. The first-order valence-corrected chi connectivity index (χ1v) is 6.64. The Kier molecular flexibility index (Phi) is 7.01. The Bertz CT molecular complexity index is 171. The van der Waals surface area contributed by atoms with E-state index in [1.807, 2.05) is 7.11 Å². The predicted octanol–water partition coefficient (Wildman–Crippen LogP) is 1.59. The van der Waals surface area contributed by atoms with Crippen LogP contribution in [0.4, 0.5) is 0 Å². The van der Waals surface area contributed by atoms with Crippen LogP contribution in [0.25, 0.3) is 0 Å². The average molecular weight is 228 g/mol. The molecule has 1 heterocycles. The Morgan fingerprint density at radius 3 is 2.94 bits per heavy atom. The van der Waals surface area contributed by atoms with Crippen LogP contribution in [-0.4, -0.2) is 51.3 Å². The van der Waals surface area contributed by atoms with E-state index in [9.17, 15) is 0 Å². The van der Waals surface area contributed by atoms with Gasteiger partial charge in [0.2, 0.25) is 0 Å². The zero-order valence-electron chi connectivity index (χ0n) is 11.2. The van der Waals surface area contributed by atoms with E-state index in [2.05, 4.69) is 24.1 Å². The van der Waals surface area contributed by atoms with E-state index >= 15 is 0 Å². The minimum atomic E-state index is 0.752. The second kappa shape index (κ2) is 8.04. The molecule has 96 valence electrons. The van der Waals surface area contributed by atoms with Crippen LogP contribution in [0.1, 0.15) is 26.7 Å². The fourth-order valence-corrected chi connectivity index (χ4v) is 2.35. The molecule has 0 bridgehead atoms. The molecule has 1 N–H and O–H groups in total. The molecule has 1 unspecified atom stereocenters. The normalized spacial score (nSPS) is 22.9. The highest BCUT2D eigenvalue weighted by Gasteiger charge is 2.18. The van der Waals surface area contributed by atoms with Crippen LogP contribution in [0, 0.1) is 11.8 Å². The van der Waals surface area contributed by atoms with Crippen LogP contribution in [0.15, 0.2) is 0 Å². The monoisotopic (exact) mass is 228 g/mol. The SMILES string of the molecule is COCC1CCCN(CCNCC(C)C)C1. The molecule has 16 heavy (non-hydrogen) atoms. The van der Waals surface area contributed by atoms with E-state index in [0.717, 1.165) is 31.5 Å². The molecule has 1 aliphatic heterocycles. The summed E-state index contributed by atoms with van der Waals surface area (Å²) >= 11 is 0. The maximum Gasteiger partial charge on any atom is 0.0502 e. The molecule has 1 atom stereocenters. The molecule has 0 aromatic rings. The van der Waals surface area contributed by atoms with Gasteiger partial charge in [-0.3, -0.25) is 0 Å². The lowest BCUT2D eigenvalue weighted by molar-refractivity contribution is 0.0910. The van der Waals surface area contributed by atoms with E-state index in [1.54, 1.807) is 0 Å². The van der Waals surface area contributed by atoms with Crippen LogP contribution in [0.5, 0.6) is 0 Å². The molecular formula is C13H28N2O. The summed E-state index contributed by atoms with van der Waals surface area (Å²) in [5.74, 6) is 1.51. The van der Waals surface area contributed by atoms with E-state index < -0.39 is 0 Å². The summed E-state index contributed by atoms with van der Waals surface area (Å²) in [5, 5.41) is 3.51. The molecular weight excluding hydrogens is 200 g/mol. The summed E-state index contributed by atoms with van der Waals surface area (Å²) in [6.07, 6.45) is 2.67. The molecule has 1 aliphatic rings. The summed E-state index contributed by atoms with van der Waals surface area (Å²) in [6.45, 7) is 11.4. The van der Waals surface area contributed by atoms with Crippen LogP contribution >= 0.6 is 0 Å². The summed E-state index contributed by atoms with van der Waals surface area (Å²) in [4.78, 5) is 2.57. The molecule has 0 amide bonds. The summed E-state index contributed by atoms with van der Waals surface area (Å²) < 4.78 is 5.24. The molecule has 0 saturated carbocycles. The van der Waals surface area contributed by atoms with Gasteiger partial charge in [0.25, 0.3) is 0 Å². The molecule has 3 heteroatoms. The van der Waals surface area contributed by atoms with Gasteiger partial charge >= 0.3 is 0 Å². The van der Waals surface area contributed by atoms with Gasteiger partial charge in [-0.2, -0.15) is 0 Å². The fraction of sp³-hybridized carbons (Fsp3) is 1.00. The highest BCUT2D eigenvalue weighted by atomic mass is 16.5. The van der Waals surface area contributed by atoms with Crippen molar-refractivity contribution in [2.75, 3.05) is 46.4 Å². The van der Waals surface area contributed by atoms with Gasteiger partial charge < -0.3 is 15.0 Å². The fourth-order valence-electron chi connectivity index (χ4n) is 2.35. The van der Waals surface area contributed by atoms with Gasteiger partial charge in [0.15, 0.2) is 0 Å². The summed E-state index contributed by atoms with van der Waals surface area (Å²) in [6, 6.07) is 0. The van der Waals surface area contributed by atoms with Crippen molar-refractivity contribution in [3.05, 3.63) is 0 Å². The Labute approximate surface area is 101 Å². The number of nitrogens with one attached hydrogen (secondary N) is 1. The lowest BCUT2D eigenvalue weighted by Crippen LogP contribution is -2.41. The van der Waals surface area contributed by atoms with Gasteiger partial charge in [-0.1, -0.05) is 13.8 Å². The largest absolute Gasteiger partial charge is 0.384 e. The van der Waals surface area contributed by atoms with Crippen molar-refractivity contribution in [1.29, 1.82) is 0 Å². The minimum Gasteiger partial charge on any atom is -0.384 e. The van der Waals surface area contributed by atoms with Crippen LogP contribution in [0.2, 0.25) is 0 Å². The first-order chi connectivity index (χ1) is 7.72. The number of likely N-dealkylation sites (tertiary alicyclic amines) is 1.